The summed E-state index contributed by atoms with van der Waals surface area (Å²) in [6.45, 7) is 4.10. The van der Waals surface area contributed by atoms with E-state index in [4.69, 9.17) is 5.11 Å². The second-order valence-corrected chi connectivity index (χ2v) is 5.39. The van der Waals surface area contributed by atoms with Crippen LogP contribution in [0.1, 0.15) is 19.8 Å². The van der Waals surface area contributed by atoms with Crippen LogP contribution in [-0.2, 0) is 9.59 Å². The zero-order valence-electron chi connectivity index (χ0n) is 12.8. The van der Waals surface area contributed by atoms with E-state index in [-0.39, 0.29) is 30.8 Å². The van der Waals surface area contributed by atoms with Gasteiger partial charge in [0.1, 0.15) is 0 Å². The zero-order valence-corrected chi connectivity index (χ0v) is 13.6. The minimum Gasteiger partial charge on any atom is -0.481 e. The van der Waals surface area contributed by atoms with Gasteiger partial charge in [0.2, 0.25) is 5.91 Å². The Balaban J connectivity index is 0.00000242. The van der Waals surface area contributed by atoms with Crippen LogP contribution in [0.3, 0.4) is 0 Å². The van der Waals surface area contributed by atoms with Crippen molar-refractivity contribution in [2.75, 3.05) is 31.1 Å². The van der Waals surface area contributed by atoms with Crippen LogP contribution in [0, 0.1) is 5.92 Å². The number of carbonyl (C=O) groups is 2. The minimum absolute atomic E-state index is 0. The van der Waals surface area contributed by atoms with Crippen molar-refractivity contribution in [3.63, 3.8) is 0 Å². The molecule has 1 saturated heterocycles. The third kappa shape index (κ3) is 4.71. The maximum atomic E-state index is 12.5. The molecule has 1 aliphatic heterocycles. The third-order valence-corrected chi connectivity index (χ3v) is 3.90. The number of piperidine rings is 1. The standard InChI is InChI=1S/C16H22N2O3.ClH/c1-2-18(14-8-4-3-5-9-14)15(19)12-17-10-6-7-13(11-17)16(20)21;/h3-5,8-9,13H,2,6-7,10-12H2,1H3,(H,20,21);1H. The van der Waals surface area contributed by atoms with Crippen molar-refractivity contribution in [1.82, 2.24) is 4.90 Å². The molecule has 5 nitrogen and oxygen atoms in total. The van der Waals surface area contributed by atoms with Crippen molar-refractivity contribution >= 4 is 30.0 Å². The summed E-state index contributed by atoms with van der Waals surface area (Å²) < 4.78 is 0. The van der Waals surface area contributed by atoms with Crippen LogP contribution >= 0.6 is 12.4 Å². The van der Waals surface area contributed by atoms with Gasteiger partial charge in [0, 0.05) is 18.8 Å². The van der Waals surface area contributed by atoms with Crippen LogP contribution < -0.4 is 4.90 Å². The van der Waals surface area contributed by atoms with Crippen LogP contribution in [0.5, 0.6) is 0 Å². The molecule has 0 radical (unpaired) electrons. The molecule has 1 unspecified atom stereocenters. The van der Waals surface area contributed by atoms with E-state index in [2.05, 4.69) is 0 Å². The average Bonchev–Trinajstić information content (AvgIpc) is 2.49. The van der Waals surface area contributed by atoms with E-state index in [1.807, 2.05) is 42.2 Å². The molecule has 1 aliphatic rings. The van der Waals surface area contributed by atoms with E-state index in [9.17, 15) is 9.59 Å². The van der Waals surface area contributed by atoms with Crippen molar-refractivity contribution < 1.29 is 14.7 Å². The summed E-state index contributed by atoms with van der Waals surface area (Å²) in [4.78, 5) is 27.2. The van der Waals surface area contributed by atoms with Crippen LogP contribution in [0.4, 0.5) is 5.69 Å². The van der Waals surface area contributed by atoms with E-state index < -0.39 is 5.97 Å². The van der Waals surface area contributed by atoms with Gasteiger partial charge in [-0.3, -0.25) is 14.5 Å². The number of carboxylic acids is 1. The monoisotopic (exact) mass is 326 g/mol. The average molecular weight is 327 g/mol. The third-order valence-electron chi connectivity index (χ3n) is 3.90. The second kappa shape index (κ2) is 8.76. The number of para-hydroxylation sites is 1. The van der Waals surface area contributed by atoms with Gasteiger partial charge in [0.25, 0.3) is 0 Å². The van der Waals surface area contributed by atoms with Crippen LogP contribution in [-0.4, -0.2) is 48.1 Å². The van der Waals surface area contributed by atoms with Gasteiger partial charge in [0.15, 0.2) is 0 Å². The maximum Gasteiger partial charge on any atom is 0.307 e. The molecule has 1 amide bonds. The molecule has 2 rings (SSSR count). The van der Waals surface area contributed by atoms with Crippen molar-refractivity contribution in [1.29, 1.82) is 0 Å². The molecule has 6 heteroatoms. The lowest BCUT2D eigenvalue weighted by atomic mass is 9.98. The van der Waals surface area contributed by atoms with E-state index in [0.29, 0.717) is 19.5 Å². The van der Waals surface area contributed by atoms with Gasteiger partial charge in [-0.2, -0.15) is 0 Å². The highest BCUT2D eigenvalue weighted by Crippen LogP contribution is 2.18. The summed E-state index contributed by atoms with van der Waals surface area (Å²) in [5.74, 6) is -1.09. The first-order valence-corrected chi connectivity index (χ1v) is 7.42. The number of likely N-dealkylation sites (tertiary alicyclic amines) is 1. The molecular formula is C16H23ClN2O3. The van der Waals surface area contributed by atoms with E-state index in [1.165, 1.54) is 0 Å². The Morgan fingerprint density at radius 3 is 2.59 bits per heavy atom. The molecule has 0 bridgehead atoms. The summed E-state index contributed by atoms with van der Waals surface area (Å²) in [6, 6.07) is 9.57. The van der Waals surface area contributed by atoms with Gasteiger partial charge in [-0.05, 0) is 38.4 Å². The molecule has 1 aromatic carbocycles. The lowest BCUT2D eigenvalue weighted by Crippen LogP contribution is -2.45. The Morgan fingerprint density at radius 1 is 1.32 bits per heavy atom. The van der Waals surface area contributed by atoms with Crippen molar-refractivity contribution in [2.24, 2.45) is 5.92 Å². The Morgan fingerprint density at radius 2 is 2.00 bits per heavy atom. The smallest absolute Gasteiger partial charge is 0.307 e. The molecule has 22 heavy (non-hydrogen) atoms. The lowest BCUT2D eigenvalue weighted by molar-refractivity contribution is -0.144. The van der Waals surface area contributed by atoms with E-state index >= 15 is 0 Å². The van der Waals surface area contributed by atoms with Crippen LogP contribution in [0.15, 0.2) is 30.3 Å². The predicted molar refractivity (Wildman–Crippen MR) is 88.5 cm³/mol. The number of carbonyl (C=O) groups excluding carboxylic acids is 1. The van der Waals surface area contributed by atoms with E-state index in [1.54, 1.807) is 4.90 Å². The fraction of sp³-hybridized carbons (Fsp3) is 0.500. The number of nitrogens with zero attached hydrogens (tertiary/aromatic N) is 2. The molecule has 0 saturated carbocycles. The summed E-state index contributed by atoms with van der Waals surface area (Å²) >= 11 is 0. The topological polar surface area (TPSA) is 60.9 Å². The summed E-state index contributed by atoms with van der Waals surface area (Å²) in [5.41, 5.74) is 0.886. The van der Waals surface area contributed by atoms with E-state index in [0.717, 1.165) is 18.7 Å². The molecule has 1 heterocycles. The predicted octanol–water partition coefficient (Wildman–Crippen LogP) is 2.26. The number of likely N-dealkylation sites (N-methyl/N-ethyl adjacent to an activating group) is 1. The molecule has 0 aliphatic carbocycles. The second-order valence-electron chi connectivity index (χ2n) is 5.39. The van der Waals surface area contributed by atoms with Gasteiger partial charge >= 0.3 is 5.97 Å². The van der Waals surface area contributed by atoms with Gasteiger partial charge in [-0.15, -0.1) is 12.4 Å². The highest BCUT2D eigenvalue weighted by atomic mass is 35.5. The van der Waals surface area contributed by atoms with Gasteiger partial charge in [-0.25, -0.2) is 0 Å². The number of amides is 1. The molecule has 1 N–H and O–H groups in total. The number of anilines is 1. The lowest BCUT2D eigenvalue weighted by Gasteiger charge is -2.32. The Bertz CT molecular complexity index is 495. The summed E-state index contributed by atoms with van der Waals surface area (Å²) in [7, 11) is 0. The Labute approximate surface area is 137 Å². The molecule has 122 valence electrons. The first-order chi connectivity index (χ1) is 10.1. The number of benzene rings is 1. The highest BCUT2D eigenvalue weighted by Gasteiger charge is 2.27. The van der Waals surface area contributed by atoms with Crippen molar-refractivity contribution in [3.05, 3.63) is 30.3 Å². The minimum atomic E-state index is -0.762. The molecule has 1 atom stereocenters. The normalized spacial score (nSPS) is 18.3. The number of aliphatic carboxylic acids is 1. The van der Waals surface area contributed by atoms with Crippen molar-refractivity contribution in [2.45, 2.75) is 19.8 Å². The van der Waals surface area contributed by atoms with Gasteiger partial charge in [0.05, 0.1) is 12.5 Å². The Kier molecular flexibility index (Phi) is 7.35. The largest absolute Gasteiger partial charge is 0.481 e. The van der Waals surface area contributed by atoms with Crippen LogP contribution in [0.2, 0.25) is 0 Å². The maximum absolute atomic E-state index is 12.5. The summed E-state index contributed by atoms with van der Waals surface area (Å²) in [5, 5.41) is 9.10. The van der Waals surface area contributed by atoms with Gasteiger partial charge in [-0.1, -0.05) is 18.2 Å². The Hall–Kier alpha value is -1.59. The molecule has 1 fully saturated rings. The number of halogens is 1. The fourth-order valence-corrected chi connectivity index (χ4v) is 2.79. The van der Waals surface area contributed by atoms with Crippen molar-refractivity contribution in [3.8, 4) is 0 Å². The number of hydrogen-bond acceptors (Lipinski definition) is 3. The SMILES string of the molecule is CCN(C(=O)CN1CCCC(C(=O)O)C1)c1ccccc1.Cl. The summed E-state index contributed by atoms with van der Waals surface area (Å²) in [6.07, 6.45) is 1.54. The number of carboxylic acid groups (broad SMARTS) is 1. The zero-order chi connectivity index (χ0) is 15.2. The quantitative estimate of drug-likeness (QED) is 0.901. The molecule has 1 aromatic rings. The number of hydrogen-bond donors (Lipinski definition) is 1. The molecular weight excluding hydrogens is 304 g/mol. The highest BCUT2D eigenvalue weighted by molar-refractivity contribution is 5.94. The van der Waals surface area contributed by atoms with Crippen LogP contribution in [0.25, 0.3) is 0 Å². The van der Waals surface area contributed by atoms with Gasteiger partial charge < -0.3 is 10.0 Å². The molecule has 0 aromatic heterocycles. The first kappa shape index (κ1) is 18.5. The first-order valence-electron chi connectivity index (χ1n) is 7.42. The molecule has 0 spiro atoms. The number of rotatable bonds is 5. The fourth-order valence-electron chi connectivity index (χ4n) is 2.79.